The number of carbonyl (C=O) groups is 3. The number of nitrogens with one attached hydrogen (secondary N) is 3. The summed E-state index contributed by atoms with van der Waals surface area (Å²) in [5.74, 6) is -4.21. The summed E-state index contributed by atoms with van der Waals surface area (Å²) in [5.41, 5.74) is -0.497. The Hall–Kier alpha value is -3.15. The largest absolute Gasteiger partial charge is 0.434 e. The molecular weight excluding hydrogens is 534 g/mol. The zero-order chi connectivity index (χ0) is 28.4. The SMILES string of the molecule is CCCC[C@H](NC(=O)O[C@@H](c1cccnc1)C(F)(F)c1cccc(Cl)c1)C(O)N[C@H](C=O)C[C@@H]1CCNC1=O. The van der Waals surface area contributed by atoms with Crippen molar-refractivity contribution in [3.63, 3.8) is 0 Å². The molecule has 212 valence electrons. The lowest BCUT2D eigenvalue weighted by Crippen LogP contribution is -2.54. The molecule has 1 aromatic heterocycles. The molecule has 1 saturated heterocycles. The molecule has 9 nitrogen and oxygen atoms in total. The second-order valence-corrected chi connectivity index (χ2v) is 9.90. The number of ether oxygens (including phenoxy) is 1. The summed E-state index contributed by atoms with van der Waals surface area (Å²) < 4.78 is 36.6. The second-order valence-electron chi connectivity index (χ2n) is 9.46. The van der Waals surface area contributed by atoms with Crippen molar-refractivity contribution in [2.24, 2.45) is 5.92 Å². The highest BCUT2D eigenvalue weighted by Crippen LogP contribution is 2.43. The van der Waals surface area contributed by atoms with Crippen molar-refractivity contribution in [3.8, 4) is 0 Å². The summed E-state index contributed by atoms with van der Waals surface area (Å²) in [6.07, 6.45) is 0.855. The maximum absolute atomic E-state index is 15.7. The van der Waals surface area contributed by atoms with Crippen LogP contribution in [0.1, 0.15) is 56.3 Å². The highest BCUT2D eigenvalue weighted by molar-refractivity contribution is 6.30. The molecule has 2 aromatic rings. The number of unbranched alkanes of at least 4 members (excludes halogenated alkanes) is 1. The number of aromatic nitrogens is 1. The van der Waals surface area contributed by atoms with Crippen molar-refractivity contribution in [3.05, 3.63) is 64.9 Å². The third kappa shape index (κ3) is 8.42. The lowest BCUT2D eigenvalue weighted by Gasteiger charge is -2.30. The predicted molar refractivity (Wildman–Crippen MR) is 140 cm³/mol. The number of benzene rings is 1. The number of halogens is 3. The van der Waals surface area contributed by atoms with Gasteiger partial charge in [0.1, 0.15) is 12.5 Å². The van der Waals surface area contributed by atoms with Gasteiger partial charge in [0.2, 0.25) is 5.91 Å². The van der Waals surface area contributed by atoms with Gasteiger partial charge in [0.05, 0.1) is 12.1 Å². The quantitative estimate of drug-likeness (QED) is 0.202. The number of carbonyl (C=O) groups excluding carboxylic acids is 3. The van der Waals surface area contributed by atoms with Gasteiger partial charge in [0.15, 0.2) is 6.10 Å². The molecule has 5 atom stereocenters. The highest BCUT2D eigenvalue weighted by atomic mass is 35.5. The summed E-state index contributed by atoms with van der Waals surface area (Å²) in [4.78, 5) is 40.4. The molecule has 2 heterocycles. The Morgan fingerprint density at radius 3 is 2.77 bits per heavy atom. The Labute approximate surface area is 230 Å². The molecule has 0 spiro atoms. The van der Waals surface area contributed by atoms with Crippen molar-refractivity contribution < 1.29 is 33.0 Å². The number of amides is 2. The molecule has 1 aromatic carbocycles. The third-order valence-corrected chi connectivity index (χ3v) is 6.79. The first-order valence-electron chi connectivity index (χ1n) is 12.8. The number of aldehydes is 1. The number of aliphatic hydroxyl groups excluding tert-OH is 1. The van der Waals surface area contributed by atoms with E-state index in [1.54, 1.807) is 0 Å². The van der Waals surface area contributed by atoms with E-state index in [2.05, 4.69) is 20.9 Å². The first kappa shape index (κ1) is 30.4. The van der Waals surface area contributed by atoms with Gasteiger partial charge in [-0.25, -0.2) is 4.79 Å². The summed E-state index contributed by atoms with van der Waals surface area (Å²) in [7, 11) is 0. The standard InChI is InChI=1S/C27H33ClF2N4O5/c1-2-3-9-22(25(37)33-21(16-35)13-17-10-12-32-24(17)36)34-26(38)39-23(18-6-5-11-31-15-18)27(29,30)19-7-4-8-20(28)14-19/h4-8,11,14-17,21-23,25,33,37H,2-3,9-10,12-13H2,1H3,(H,32,36)(H,34,38)/t17-,21-,22-,23-,25?/m0/s1. The van der Waals surface area contributed by atoms with Crippen molar-refractivity contribution in [2.75, 3.05) is 6.54 Å². The van der Waals surface area contributed by atoms with Crippen LogP contribution in [-0.4, -0.2) is 53.2 Å². The van der Waals surface area contributed by atoms with E-state index < -0.39 is 42.0 Å². The van der Waals surface area contributed by atoms with Crippen LogP contribution in [-0.2, 0) is 20.2 Å². The van der Waals surface area contributed by atoms with Crippen LogP contribution in [0.25, 0.3) is 0 Å². The molecule has 2 amide bonds. The topological polar surface area (TPSA) is 130 Å². The Kier molecular flexibility index (Phi) is 11.1. The van der Waals surface area contributed by atoms with E-state index in [0.29, 0.717) is 25.7 Å². The number of rotatable bonds is 14. The first-order valence-corrected chi connectivity index (χ1v) is 13.2. The lowest BCUT2D eigenvalue weighted by molar-refractivity contribution is -0.123. The van der Waals surface area contributed by atoms with E-state index in [-0.39, 0.29) is 35.3 Å². The fraction of sp³-hybridized carbons (Fsp3) is 0.481. The van der Waals surface area contributed by atoms with Gasteiger partial charge in [-0.2, -0.15) is 8.78 Å². The Balaban J connectivity index is 1.75. The minimum Gasteiger partial charge on any atom is -0.434 e. The number of nitrogens with zero attached hydrogens (tertiary/aromatic N) is 1. The van der Waals surface area contributed by atoms with Gasteiger partial charge in [0.25, 0.3) is 0 Å². The number of hydrogen-bond acceptors (Lipinski definition) is 7. The average Bonchev–Trinajstić information content (AvgIpc) is 3.33. The number of alkyl carbamates (subject to hydrolysis) is 1. The van der Waals surface area contributed by atoms with E-state index >= 15 is 8.78 Å². The number of pyridine rings is 1. The van der Waals surface area contributed by atoms with E-state index in [1.165, 1.54) is 42.7 Å². The van der Waals surface area contributed by atoms with Crippen LogP contribution < -0.4 is 16.0 Å². The fourth-order valence-electron chi connectivity index (χ4n) is 4.43. The third-order valence-electron chi connectivity index (χ3n) is 6.55. The van der Waals surface area contributed by atoms with Crippen LogP contribution in [0.3, 0.4) is 0 Å². The molecule has 3 rings (SSSR count). The molecule has 12 heteroatoms. The lowest BCUT2D eigenvalue weighted by atomic mass is 9.98. The average molecular weight is 567 g/mol. The Morgan fingerprint density at radius 2 is 2.15 bits per heavy atom. The van der Waals surface area contributed by atoms with Gasteiger partial charge in [-0.1, -0.05) is 49.6 Å². The van der Waals surface area contributed by atoms with Gasteiger partial charge >= 0.3 is 12.0 Å². The zero-order valence-electron chi connectivity index (χ0n) is 21.5. The van der Waals surface area contributed by atoms with E-state index in [4.69, 9.17) is 16.3 Å². The van der Waals surface area contributed by atoms with Gasteiger partial charge in [-0.3, -0.25) is 15.1 Å². The number of alkyl halides is 2. The number of hydrogen-bond donors (Lipinski definition) is 4. The normalized spacial score (nSPS) is 18.5. The molecule has 39 heavy (non-hydrogen) atoms. The Morgan fingerprint density at radius 1 is 1.36 bits per heavy atom. The molecule has 0 saturated carbocycles. The molecule has 1 aliphatic heterocycles. The highest BCUT2D eigenvalue weighted by Gasteiger charge is 2.46. The van der Waals surface area contributed by atoms with Gasteiger partial charge in [-0.15, -0.1) is 0 Å². The maximum atomic E-state index is 15.7. The summed E-state index contributed by atoms with van der Waals surface area (Å²) in [6, 6.07) is 6.08. The molecule has 1 unspecified atom stereocenters. The predicted octanol–water partition coefficient (Wildman–Crippen LogP) is 3.85. The molecular formula is C27H33ClF2N4O5. The van der Waals surface area contributed by atoms with Crippen LogP contribution in [0, 0.1) is 5.92 Å². The van der Waals surface area contributed by atoms with Crippen molar-refractivity contribution in [1.82, 2.24) is 20.9 Å². The second kappa shape index (κ2) is 14.3. The van der Waals surface area contributed by atoms with Crippen LogP contribution >= 0.6 is 11.6 Å². The van der Waals surface area contributed by atoms with Crippen LogP contribution in [0.4, 0.5) is 13.6 Å². The molecule has 1 fully saturated rings. The van der Waals surface area contributed by atoms with E-state index in [9.17, 15) is 19.5 Å². The van der Waals surface area contributed by atoms with Crippen LogP contribution in [0.15, 0.2) is 48.8 Å². The van der Waals surface area contributed by atoms with Gasteiger partial charge in [0, 0.05) is 41.0 Å². The Bertz CT molecular complexity index is 1110. The summed E-state index contributed by atoms with van der Waals surface area (Å²) >= 11 is 5.93. The molecule has 0 radical (unpaired) electrons. The van der Waals surface area contributed by atoms with Crippen molar-refractivity contribution in [2.45, 2.75) is 69.4 Å². The fourth-order valence-corrected chi connectivity index (χ4v) is 4.62. The number of aliphatic hydroxyl groups is 1. The van der Waals surface area contributed by atoms with Gasteiger partial charge < -0.3 is 25.3 Å². The van der Waals surface area contributed by atoms with E-state index in [0.717, 1.165) is 12.5 Å². The van der Waals surface area contributed by atoms with Crippen LogP contribution in [0.2, 0.25) is 5.02 Å². The van der Waals surface area contributed by atoms with Crippen molar-refractivity contribution in [1.29, 1.82) is 0 Å². The summed E-state index contributed by atoms with van der Waals surface area (Å²) in [5, 5.41) is 18.8. The smallest absolute Gasteiger partial charge is 0.408 e. The maximum Gasteiger partial charge on any atom is 0.408 e. The molecule has 1 aliphatic rings. The van der Waals surface area contributed by atoms with Crippen LogP contribution in [0.5, 0.6) is 0 Å². The minimum atomic E-state index is -3.68. The molecule has 0 bridgehead atoms. The van der Waals surface area contributed by atoms with Crippen molar-refractivity contribution >= 4 is 29.9 Å². The summed E-state index contributed by atoms with van der Waals surface area (Å²) in [6.45, 7) is 2.42. The van der Waals surface area contributed by atoms with E-state index in [1.807, 2.05) is 6.92 Å². The minimum absolute atomic E-state index is 0.0442. The molecule has 0 aliphatic carbocycles. The molecule has 4 N–H and O–H groups in total. The van der Waals surface area contributed by atoms with Gasteiger partial charge in [-0.05, 0) is 37.5 Å². The first-order chi connectivity index (χ1) is 18.6. The zero-order valence-corrected chi connectivity index (χ0v) is 22.2. The monoisotopic (exact) mass is 566 g/mol.